The van der Waals surface area contributed by atoms with E-state index < -0.39 is 33.8 Å². The number of allylic oxidation sites excluding steroid dienone is 1. The fourth-order valence-electron chi connectivity index (χ4n) is 2.21. The molecule has 0 atom stereocenters. The zero-order valence-electron chi connectivity index (χ0n) is 13.1. The predicted octanol–water partition coefficient (Wildman–Crippen LogP) is 4.77. The number of carboxylic acids is 1. The van der Waals surface area contributed by atoms with Gasteiger partial charge in [0.25, 0.3) is 5.69 Å². The molecule has 0 radical (unpaired) electrons. The molecule has 0 heterocycles. The van der Waals surface area contributed by atoms with Gasteiger partial charge in [-0.1, -0.05) is 35.9 Å². The van der Waals surface area contributed by atoms with E-state index in [4.69, 9.17) is 16.7 Å². The number of hydrogen-bond donors (Lipinski definition) is 1. The van der Waals surface area contributed by atoms with Gasteiger partial charge >= 0.3 is 12.1 Å². The highest BCUT2D eigenvalue weighted by atomic mass is 35.5. The Morgan fingerprint density at radius 3 is 2.58 bits per heavy atom. The van der Waals surface area contributed by atoms with Crippen LogP contribution >= 0.6 is 11.6 Å². The van der Waals surface area contributed by atoms with E-state index in [1.165, 1.54) is 30.3 Å². The molecule has 9 heteroatoms. The number of aromatic carboxylic acids is 1. The maximum Gasteiger partial charge on any atom is 0.427 e. The fourth-order valence-corrected chi connectivity index (χ4v) is 2.46. The Morgan fingerprint density at radius 1 is 1.27 bits per heavy atom. The number of hydrogen-bond acceptors (Lipinski definition) is 4. The van der Waals surface area contributed by atoms with E-state index in [-0.39, 0.29) is 17.0 Å². The van der Waals surface area contributed by atoms with Crippen LogP contribution in [0.15, 0.2) is 54.8 Å². The number of ether oxygens (including phenoxy) is 1. The van der Waals surface area contributed by atoms with Crippen molar-refractivity contribution >= 4 is 23.3 Å². The standard InChI is InChI=1S/C17H12ClF2NO5/c18-14-9-2-1-8-13(14)17(19,20)26-10-4-6-11-5-3-7-12(16(22)23)15(11)21(24)25/h1-5,7-10H,6H2,(H,22,23)/b10-4+. The lowest BCUT2D eigenvalue weighted by molar-refractivity contribution is -0.385. The monoisotopic (exact) mass is 383 g/mol. The minimum Gasteiger partial charge on any atom is -0.477 e. The number of carbonyl (C=O) groups is 1. The van der Waals surface area contributed by atoms with Gasteiger partial charge < -0.3 is 9.84 Å². The third kappa shape index (κ3) is 4.34. The summed E-state index contributed by atoms with van der Waals surface area (Å²) in [6.45, 7) is 0. The Kier molecular flexibility index (Phi) is 5.89. The average molecular weight is 384 g/mol. The van der Waals surface area contributed by atoms with E-state index in [2.05, 4.69) is 4.74 Å². The average Bonchev–Trinajstić information content (AvgIpc) is 2.58. The highest BCUT2D eigenvalue weighted by Crippen LogP contribution is 2.34. The van der Waals surface area contributed by atoms with E-state index >= 15 is 0 Å². The lowest BCUT2D eigenvalue weighted by atomic mass is 10.0. The Hall–Kier alpha value is -3.00. The summed E-state index contributed by atoms with van der Waals surface area (Å²) in [5, 5.41) is 20.0. The van der Waals surface area contributed by atoms with E-state index in [0.717, 1.165) is 18.2 Å². The lowest BCUT2D eigenvalue weighted by Gasteiger charge is -2.16. The first kappa shape index (κ1) is 19.3. The molecule has 0 bridgehead atoms. The molecule has 0 aromatic heterocycles. The van der Waals surface area contributed by atoms with Crippen LogP contribution in [-0.4, -0.2) is 16.0 Å². The number of nitro benzene ring substituents is 1. The first-order valence-corrected chi connectivity index (χ1v) is 7.57. The second-order valence-electron chi connectivity index (χ2n) is 5.07. The van der Waals surface area contributed by atoms with Crippen LogP contribution in [0.25, 0.3) is 0 Å². The molecule has 0 amide bonds. The maximum atomic E-state index is 14.0. The third-order valence-electron chi connectivity index (χ3n) is 3.37. The van der Waals surface area contributed by atoms with Crippen molar-refractivity contribution in [3.05, 3.63) is 86.6 Å². The molecule has 0 spiro atoms. The summed E-state index contributed by atoms with van der Waals surface area (Å²) in [4.78, 5) is 21.4. The van der Waals surface area contributed by atoms with Crippen molar-refractivity contribution in [2.45, 2.75) is 12.5 Å². The van der Waals surface area contributed by atoms with Crippen molar-refractivity contribution in [2.24, 2.45) is 0 Å². The van der Waals surface area contributed by atoms with Crippen molar-refractivity contribution in [3.63, 3.8) is 0 Å². The SMILES string of the molecule is O=C(O)c1cccc(C/C=C/OC(F)(F)c2ccccc2Cl)c1[N+](=O)[O-]. The predicted molar refractivity (Wildman–Crippen MR) is 89.3 cm³/mol. The quantitative estimate of drug-likeness (QED) is 0.422. The Morgan fingerprint density at radius 2 is 1.96 bits per heavy atom. The summed E-state index contributed by atoms with van der Waals surface area (Å²) in [6, 6.07) is 9.03. The van der Waals surface area contributed by atoms with Gasteiger partial charge in [0.15, 0.2) is 0 Å². The van der Waals surface area contributed by atoms with Crippen molar-refractivity contribution in [2.75, 3.05) is 0 Å². The lowest BCUT2D eigenvalue weighted by Crippen LogP contribution is -2.15. The van der Waals surface area contributed by atoms with Crippen molar-refractivity contribution in [1.82, 2.24) is 0 Å². The molecule has 2 rings (SSSR count). The van der Waals surface area contributed by atoms with Crippen LogP contribution in [0.3, 0.4) is 0 Å². The molecule has 6 nitrogen and oxygen atoms in total. The van der Waals surface area contributed by atoms with E-state index in [9.17, 15) is 23.7 Å². The van der Waals surface area contributed by atoms with Crippen molar-refractivity contribution in [3.8, 4) is 0 Å². The summed E-state index contributed by atoms with van der Waals surface area (Å²) < 4.78 is 32.4. The molecule has 2 aromatic carbocycles. The molecule has 0 saturated carbocycles. The summed E-state index contributed by atoms with van der Waals surface area (Å²) in [5.74, 6) is -1.45. The Balaban J connectivity index is 2.17. The first-order valence-electron chi connectivity index (χ1n) is 7.19. The zero-order chi connectivity index (χ0) is 19.3. The molecule has 0 saturated heterocycles. The Labute approximate surface area is 151 Å². The largest absolute Gasteiger partial charge is 0.477 e. The van der Waals surface area contributed by atoms with Gasteiger partial charge in [-0.05, 0) is 24.3 Å². The van der Waals surface area contributed by atoms with Crippen LogP contribution in [0.1, 0.15) is 21.5 Å². The summed E-state index contributed by atoms with van der Waals surface area (Å²) in [6.07, 6.45) is -2.04. The minimum absolute atomic E-state index is 0.0517. The number of para-hydroxylation sites is 1. The van der Waals surface area contributed by atoms with Gasteiger partial charge in [-0.15, -0.1) is 0 Å². The molecule has 26 heavy (non-hydrogen) atoms. The summed E-state index contributed by atoms with van der Waals surface area (Å²) in [5.41, 5.74) is -1.55. The highest BCUT2D eigenvalue weighted by molar-refractivity contribution is 6.31. The topological polar surface area (TPSA) is 89.7 Å². The molecule has 0 aliphatic rings. The normalized spacial score (nSPS) is 11.5. The number of nitrogens with zero attached hydrogens (tertiary/aromatic N) is 1. The third-order valence-corrected chi connectivity index (χ3v) is 3.70. The molecule has 0 fully saturated rings. The minimum atomic E-state index is -3.69. The zero-order valence-corrected chi connectivity index (χ0v) is 13.8. The fraction of sp³-hybridized carbons (Fsp3) is 0.118. The van der Waals surface area contributed by atoms with Crippen LogP contribution in [-0.2, 0) is 17.3 Å². The number of halogens is 3. The van der Waals surface area contributed by atoms with E-state index in [1.54, 1.807) is 0 Å². The number of carboxylic acid groups (broad SMARTS) is 1. The smallest absolute Gasteiger partial charge is 0.427 e. The van der Waals surface area contributed by atoms with Gasteiger partial charge in [-0.2, -0.15) is 8.78 Å². The number of nitro groups is 1. The van der Waals surface area contributed by atoms with Crippen LogP contribution < -0.4 is 0 Å². The van der Waals surface area contributed by atoms with Crippen LogP contribution in [0.4, 0.5) is 14.5 Å². The van der Waals surface area contributed by atoms with Crippen LogP contribution in [0.5, 0.6) is 0 Å². The molecule has 1 N–H and O–H groups in total. The van der Waals surface area contributed by atoms with Gasteiger partial charge in [0.2, 0.25) is 0 Å². The molecule has 0 aliphatic heterocycles. The second-order valence-corrected chi connectivity index (χ2v) is 5.47. The molecular weight excluding hydrogens is 372 g/mol. The number of rotatable bonds is 7. The first-order chi connectivity index (χ1) is 12.2. The molecule has 0 unspecified atom stereocenters. The van der Waals surface area contributed by atoms with Gasteiger partial charge in [-0.25, -0.2) is 4.79 Å². The summed E-state index contributed by atoms with van der Waals surface area (Å²) >= 11 is 5.71. The van der Waals surface area contributed by atoms with Crippen molar-refractivity contribution in [1.29, 1.82) is 0 Å². The van der Waals surface area contributed by atoms with Gasteiger partial charge in [0, 0.05) is 12.0 Å². The van der Waals surface area contributed by atoms with E-state index in [1.807, 2.05) is 0 Å². The van der Waals surface area contributed by atoms with Crippen LogP contribution in [0.2, 0.25) is 5.02 Å². The van der Waals surface area contributed by atoms with E-state index in [0.29, 0.717) is 6.26 Å². The number of alkyl halides is 2. The van der Waals surface area contributed by atoms with Crippen LogP contribution in [0, 0.1) is 10.1 Å². The second kappa shape index (κ2) is 7.92. The molecule has 136 valence electrons. The maximum absolute atomic E-state index is 14.0. The molecule has 2 aromatic rings. The number of benzene rings is 2. The Bertz CT molecular complexity index is 870. The van der Waals surface area contributed by atoms with Gasteiger partial charge in [-0.3, -0.25) is 10.1 Å². The molecule has 0 aliphatic carbocycles. The van der Waals surface area contributed by atoms with Crippen molar-refractivity contribution < 1.29 is 28.3 Å². The summed E-state index contributed by atoms with van der Waals surface area (Å²) in [7, 11) is 0. The highest BCUT2D eigenvalue weighted by Gasteiger charge is 2.35. The molecular formula is C17H12ClF2NO5. The van der Waals surface area contributed by atoms with Gasteiger partial charge in [0.1, 0.15) is 5.56 Å². The van der Waals surface area contributed by atoms with Gasteiger partial charge in [0.05, 0.1) is 21.8 Å².